The summed E-state index contributed by atoms with van der Waals surface area (Å²) in [6, 6.07) is 17.1. The first-order valence-corrected chi connectivity index (χ1v) is 10.4. The molecule has 0 bridgehead atoms. The number of carbonyl (C=O) groups is 1. The van der Waals surface area contributed by atoms with E-state index in [1.54, 1.807) is 66.9 Å². The average molecular weight is 409 g/mol. The zero-order valence-electron chi connectivity index (χ0n) is 16.1. The standard InChI is InChI=1S/C22H20NO5P/c1-4-21(24)28-22-18(27-3)11-8-12-19(22)29(25,20-13-5-6-14-23-20)17-10-7-9-16(15-17)26-2/h4-15H,1H2,2-3H3. The van der Waals surface area contributed by atoms with Crippen molar-refractivity contribution in [3.05, 3.63) is 79.5 Å². The van der Waals surface area contributed by atoms with Gasteiger partial charge in [-0.25, -0.2) is 4.79 Å². The molecule has 6 nitrogen and oxygen atoms in total. The van der Waals surface area contributed by atoms with E-state index in [2.05, 4.69) is 11.6 Å². The number of esters is 1. The normalized spacial score (nSPS) is 12.5. The Hall–Kier alpha value is -3.37. The van der Waals surface area contributed by atoms with Gasteiger partial charge in [-0.1, -0.05) is 30.8 Å². The smallest absolute Gasteiger partial charge is 0.335 e. The first-order chi connectivity index (χ1) is 14.0. The summed E-state index contributed by atoms with van der Waals surface area (Å²) < 4.78 is 30.8. The van der Waals surface area contributed by atoms with E-state index in [-0.39, 0.29) is 11.5 Å². The highest BCUT2D eigenvalue weighted by Crippen LogP contribution is 2.47. The Balaban J connectivity index is 2.35. The molecule has 3 aromatic rings. The lowest BCUT2D eigenvalue weighted by molar-refractivity contribution is -0.129. The van der Waals surface area contributed by atoms with Crippen molar-refractivity contribution >= 4 is 29.2 Å². The zero-order valence-corrected chi connectivity index (χ0v) is 17.0. The van der Waals surface area contributed by atoms with Crippen LogP contribution >= 0.6 is 7.14 Å². The fourth-order valence-electron chi connectivity index (χ4n) is 2.90. The van der Waals surface area contributed by atoms with Gasteiger partial charge in [-0.15, -0.1) is 0 Å². The van der Waals surface area contributed by atoms with E-state index in [0.717, 1.165) is 6.08 Å². The average Bonchev–Trinajstić information content (AvgIpc) is 2.79. The van der Waals surface area contributed by atoms with Crippen molar-refractivity contribution in [2.45, 2.75) is 0 Å². The first kappa shape index (κ1) is 20.4. The van der Waals surface area contributed by atoms with Gasteiger partial charge < -0.3 is 18.8 Å². The molecule has 1 heterocycles. The maximum atomic E-state index is 14.7. The van der Waals surface area contributed by atoms with Crippen LogP contribution in [0.5, 0.6) is 17.2 Å². The van der Waals surface area contributed by atoms with E-state index in [9.17, 15) is 9.36 Å². The van der Waals surface area contributed by atoms with E-state index in [0.29, 0.717) is 21.8 Å². The summed E-state index contributed by atoms with van der Waals surface area (Å²) in [5, 5.41) is 0.777. The van der Waals surface area contributed by atoms with Crippen LogP contribution in [0.2, 0.25) is 0 Å². The molecule has 0 aliphatic heterocycles. The number of hydrogen-bond donors (Lipinski definition) is 0. The van der Waals surface area contributed by atoms with Crippen LogP contribution in [-0.2, 0) is 9.36 Å². The van der Waals surface area contributed by atoms with Gasteiger partial charge in [0.1, 0.15) is 11.2 Å². The third-order valence-corrected chi connectivity index (χ3v) is 7.22. The summed E-state index contributed by atoms with van der Waals surface area (Å²) in [5.74, 6) is 0.202. The minimum Gasteiger partial charge on any atom is -0.497 e. The van der Waals surface area contributed by atoms with E-state index < -0.39 is 13.1 Å². The number of ether oxygens (including phenoxy) is 3. The van der Waals surface area contributed by atoms with Crippen LogP contribution < -0.4 is 30.3 Å². The van der Waals surface area contributed by atoms with Crippen molar-refractivity contribution < 1.29 is 23.6 Å². The van der Waals surface area contributed by atoms with Gasteiger partial charge in [0.2, 0.25) is 0 Å². The van der Waals surface area contributed by atoms with Gasteiger partial charge in [0, 0.05) is 17.6 Å². The SMILES string of the molecule is C=CC(=O)Oc1c(OC)cccc1P(=O)(c1cccc(OC)c1)c1ccccn1. The van der Waals surface area contributed by atoms with Crippen LogP contribution in [0.4, 0.5) is 0 Å². The molecule has 1 atom stereocenters. The van der Waals surface area contributed by atoms with Crippen LogP contribution in [0, 0.1) is 0 Å². The molecule has 0 aliphatic carbocycles. The lowest BCUT2D eigenvalue weighted by Crippen LogP contribution is -2.29. The van der Waals surface area contributed by atoms with Gasteiger partial charge in [0.15, 0.2) is 18.6 Å². The first-order valence-electron chi connectivity index (χ1n) is 8.72. The molecule has 3 rings (SSSR count). The van der Waals surface area contributed by atoms with Crippen LogP contribution in [-0.4, -0.2) is 25.2 Å². The second-order valence-electron chi connectivity index (χ2n) is 5.93. The Kier molecular flexibility index (Phi) is 6.15. The molecule has 0 saturated heterocycles. The molecule has 1 unspecified atom stereocenters. The molecule has 0 amide bonds. The van der Waals surface area contributed by atoms with Crippen molar-refractivity contribution in [3.8, 4) is 17.2 Å². The molecule has 0 N–H and O–H groups in total. The Morgan fingerprint density at radius 2 is 1.83 bits per heavy atom. The van der Waals surface area contributed by atoms with Crippen molar-refractivity contribution in [2.24, 2.45) is 0 Å². The Morgan fingerprint density at radius 3 is 2.48 bits per heavy atom. The number of aromatic nitrogens is 1. The highest BCUT2D eigenvalue weighted by molar-refractivity contribution is 7.85. The van der Waals surface area contributed by atoms with Gasteiger partial charge in [-0.3, -0.25) is 4.98 Å². The minimum absolute atomic E-state index is 0.0664. The quantitative estimate of drug-likeness (QED) is 0.259. The largest absolute Gasteiger partial charge is 0.497 e. The van der Waals surface area contributed by atoms with Crippen molar-refractivity contribution in [3.63, 3.8) is 0 Å². The van der Waals surface area contributed by atoms with Gasteiger partial charge in [0.25, 0.3) is 0 Å². The summed E-state index contributed by atoms with van der Waals surface area (Å²) in [6.07, 6.45) is 2.60. The molecule has 0 aliphatic rings. The third kappa shape index (κ3) is 3.93. The van der Waals surface area contributed by atoms with E-state index in [4.69, 9.17) is 14.2 Å². The Bertz CT molecular complexity index is 1080. The molecular weight excluding hydrogens is 389 g/mol. The van der Waals surface area contributed by atoms with E-state index >= 15 is 0 Å². The number of pyridine rings is 1. The van der Waals surface area contributed by atoms with Crippen molar-refractivity contribution in [1.82, 2.24) is 4.98 Å². The fourth-order valence-corrected chi connectivity index (χ4v) is 5.56. The molecule has 1 aromatic heterocycles. The molecule has 148 valence electrons. The number of hydrogen-bond acceptors (Lipinski definition) is 6. The predicted molar refractivity (Wildman–Crippen MR) is 113 cm³/mol. The summed E-state index contributed by atoms with van der Waals surface area (Å²) in [7, 11) is -0.562. The number of para-hydroxylation sites is 1. The number of nitrogens with zero attached hydrogens (tertiary/aromatic N) is 1. The fraction of sp³-hybridized carbons (Fsp3) is 0.0909. The highest BCUT2D eigenvalue weighted by Gasteiger charge is 2.36. The Labute approximate surface area is 169 Å². The third-order valence-electron chi connectivity index (χ3n) is 4.28. The topological polar surface area (TPSA) is 74.7 Å². The van der Waals surface area contributed by atoms with Crippen molar-refractivity contribution in [2.75, 3.05) is 14.2 Å². The van der Waals surface area contributed by atoms with Crippen LogP contribution in [0.15, 0.2) is 79.5 Å². The zero-order chi connectivity index (χ0) is 20.9. The highest BCUT2D eigenvalue weighted by atomic mass is 31.2. The molecule has 0 fully saturated rings. The van der Waals surface area contributed by atoms with Gasteiger partial charge in [-0.2, -0.15) is 0 Å². The number of rotatable bonds is 7. The van der Waals surface area contributed by atoms with Gasteiger partial charge in [0.05, 0.1) is 19.5 Å². The number of benzene rings is 2. The van der Waals surface area contributed by atoms with E-state index in [1.807, 2.05) is 0 Å². The second-order valence-corrected chi connectivity index (χ2v) is 8.61. The van der Waals surface area contributed by atoms with Crippen LogP contribution in [0.3, 0.4) is 0 Å². The lowest BCUT2D eigenvalue weighted by atomic mass is 10.3. The predicted octanol–water partition coefficient (Wildman–Crippen LogP) is 2.83. The molecule has 29 heavy (non-hydrogen) atoms. The molecule has 0 saturated carbocycles. The second kappa shape index (κ2) is 8.76. The summed E-state index contributed by atoms with van der Waals surface area (Å²) >= 11 is 0. The monoisotopic (exact) mass is 409 g/mol. The summed E-state index contributed by atoms with van der Waals surface area (Å²) in [4.78, 5) is 16.3. The minimum atomic E-state index is -3.54. The number of methoxy groups -OCH3 is 2. The Morgan fingerprint density at radius 1 is 1.03 bits per heavy atom. The maximum Gasteiger partial charge on any atom is 0.335 e. The van der Waals surface area contributed by atoms with Crippen LogP contribution in [0.1, 0.15) is 0 Å². The van der Waals surface area contributed by atoms with Crippen LogP contribution in [0.25, 0.3) is 0 Å². The number of carbonyl (C=O) groups excluding carboxylic acids is 1. The molecule has 7 heteroatoms. The van der Waals surface area contributed by atoms with Crippen molar-refractivity contribution in [1.29, 1.82) is 0 Å². The molecule has 2 aromatic carbocycles. The van der Waals surface area contributed by atoms with E-state index in [1.165, 1.54) is 14.2 Å². The summed E-state index contributed by atoms with van der Waals surface area (Å²) in [6.45, 7) is 3.43. The van der Waals surface area contributed by atoms with Gasteiger partial charge >= 0.3 is 5.97 Å². The van der Waals surface area contributed by atoms with Gasteiger partial charge in [-0.05, 0) is 36.4 Å². The molecule has 0 spiro atoms. The summed E-state index contributed by atoms with van der Waals surface area (Å²) in [5.41, 5.74) is 0.345. The molecular formula is C22H20NO5P. The molecule has 0 radical (unpaired) electrons. The lowest BCUT2D eigenvalue weighted by Gasteiger charge is -2.22. The maximum absolute atomic E-state index is 14.7.